The lowest BCUT2D eigenvalue weighted by Crippen LogP contribution is -2.44. The standard InChI is InChI=1S/C13H18ClFN2O/c1-7(2)12(16)13(18)17-8(3)10-5-4-9(15)6-11(10)14/h4-8,12H,16H2,1-3H3,(H,17,18)/t8?,12-/m0/s1. The molecule has 0 saturated heterocycles. The molecule has 0 fully saturated rings. The average Bonchev–Trinajstić information content (AvgIpc) is 2.27. The summed E-state index contributed by atoms with van der Waals surface area (Å²) >= 11 is 5.93. The Hall–Kier alpha value is -1.13. The molecule has 0 spiro atoms. The zero-order valence-corrected chi connectivity index (χ0v) is 11.5. The molecule has 1 unspecified atom stereocenters. The van der Waals surface area contributed by atoms with Crippen LogP contribution in [0.25, 0.3) is 0 Å². The van der Waals surface area contributed by atoms with Crippen molar-refractivity contribution < 1.29 is 9.18 Å². The van der Waals surface area contributed by atoms with Crippen LogP contribution < -0.4 is 11.1 Å². The lowest BCUT2D eigenvalue weighted by molar-refractivity contribution is -0.123. The predicted molar refractivity (Wildman–Crippen MR) is 70.8 cm³/mol. The Kier molecular flexibility index (Phi) is 5.11. The number of hydrogen-bond donors (Lipinski definition) is 2. The van der Waals surface area contributed by atoms with Crippen LogP contribution in [0.2, 0.25) is 5.02 Å². The number of amides is 1. The van der Waals surface area contributed by atoms with E-state index in [1.807, 2.05) is 13.8 Å². The van der Waals surface area contributed by atoms with Crippen LogP contribution in [0, 0.1) is 11.7 Å². The molecule has 0 aromatic heterocycles. The number of benzene rings is 1. The van der Waals surface area contributed by atoms with Crippen molar-refractivity contribution in [1.29, 1.82) is 0 Å². The molecule has 3 N–H and O–H groups in total. The van der Waals surface area contributed by atoms with E-state index in [9.17, 15) is 9.18 Å². The van der Waals surface area contributed by atoms with Gasteiger partial charge in [-0.1, -0.05) is 31.5 Å². The Morgan fingerprint density at radius 1 is 1.39 bits per heavy atom. The van der Waals surface area contributed by atoms with Gasteiger partial charge in [0.25, 0.3) is 0 Å². The van der Waals surface area contributed by atoms with E-state index in [2.05, 4.69) is 5.32 Å². The number of nitrogens with two attached hydrogens (primary N) is 1. The maximum absolute atomic E-state index is 12.9. The molecule has 18 heavy (non-hydrogen) atoms. The van der Waals surface area contributed by atoms with Crippen molar-refractivity contribution in [2.24, 2.45) is 11.7 Å². The summed E-state index contributed by atoms with van der Waals surface area (Å²) in [5.41, 5.74) is 6.41. The van der Waals surface area contributed by atoms with Gasteiger partial charge in [0.1, 0.15) is 5.82 Å². The first-order chi connectivity index (χ1) is 8.32. The van der Waals surface area contributed by atoms with Gasteiger partial charge < -0.3 is 11.1 Å². The summed E-state index contributed by atoms with van der Waals surface area (Å²) in [4.78, 5) is 11.8. The van der Waals surface area contributed by atoms with E-state index < -0.39 is 11.9 Å². The molecular formula is C13H18ClFN2O. The van der Waals surface area contributed by atoms with Gasteiger partial charge in [-0.3, -0.25) is 4.79 Å². The largest absolute Gasteiger partial charge is 0.348 e. The molecule has 0 aliphatic heterocycles. The third-order valence-corrected chi connectivity index (χ3v) is 3.14. The van der Waals surface area contributed by atoms with Crippen LogP contribution >= 0.6 is 11.6 Å². The Morgan fingerprint density at radius 3 is 2.50 bits per heavy atom. The second-order valence-electron chi connectivity index (χ2n) is 4.67. The van der Waals surface area contributed by atoms with Gasteiger partial charge in [0, 0.05) is 5.02 Å². The minimum absolute atomic E-state index is 0.0564. The molecule has 0 aliphatic rings. The number of rotatable bonds is 4. The van der Waals surface area contributed by atoms with Crippen LogP contribution in [0.5, 0.6) is 0 Å². The molecule has 3 nitrogen and oxygen atoms in total. The van der Waals surface area contributed by atoms with Crippen LogP contribution in [0.3, 0.4) is 0 Å². The first kappa shape index (κ1) is 14.9. The molecule has 1 aromatic rings. The summed E-state index contributed by atoms with van der Waals surface area (Å²) in [7, 11) is 0. The number of hydrogen-bond acceptors (Lipinski definition) is 2. The lowest BCUT2D eigenvalue weighted by atomic mass is 10.0. The Morgan fingerprint density at radius 2 is 2.00 bits per heavy atom. The SMILES string of the molecule is CC(NC(=O)[C@@H](N)C(C)C)c1ccc(F)cc1Cl. The summed E-state index contributed by atoms with van der Waals surface area (Å²) in [6.45, 7) is 5.53. The van der Waals surface area contributed by atoms with Gasteiger partial charge in [0.2, 0.25) is 5.91 Å². The van der Waals surface area contributed by atoms with Crippen LogP contribution in [-0.4, -0.2) is 11.9 Å². The highest BCUT2D eigenvalue weighted by Crippen LogP contribution is 2.23. The smallest absolute Gasteiger partial charge is 0.237 e. The highest BCUT2D eigenvalue weighted by atomic mass is 35.5. The zero-order chi connectivity index (χ0) is 13.9. The van der Waals surface area contributed by atoms with Crippen molar-refractivity contribution in [3.8, 4) is 0 Å². The van der Waals surface area contributed by atoms with E-state index in [0.29, 0.717) is 10.6 Å². The molecule has 0 bridgehead atoms. The summed E-state index contributed by atoms with van der Waals surface area (Å²) in [6.07, 6.45) is 0. The molecular weight excluding hydrogens is 255 g/mol. The molecule has 1 amide bonds. The fourth-order valence-electron chi connectivity index (χ4n) is 1.54. The maximum Gasteiger partial charge on any atom is 0.237 e. The second-order valence-corrected chi connectivity index (χ2v) is 5.07. The van der Waals surface area contributed by atoms with Crippen molar-refractivity contribution in [3.05, 3.63) is 34.6 Å². The van der Waals surface area contributed by atoms with Crippen LogP contribution in [0.15, 0.2) is 18.2 Å². The van der Waals surface area contributed by atoms with Crippen molar-refractivity contribution >= 4 is 17.5 Å². The van der Waals surface area contributed by atoms with Gasteiger partial charge in [-0.05, 0) is 30.5 Å². The highest BCUT2D eigenvalue weighted by molar-refractivity contribution is 6.31. The first-order valence-electron chi connectivity index (χ1n) is 5.83. The first-order valence-corrected chi connectivity index (χ1v) is 6.21. The van der Waals surface area contributed by atoms with E-state index in [-0.39, 0.29) is 17.9 Å². The van der Waals surface area contributed by atoms with E-state index >= 15 is 0 Å². The molecule has 2 atom stereocenters. The van der Waals surface area contributed by atoms with Crippen LogP contribution in [0.1, 0.15) is 32.4 Å². The van der Waals surface area contributed by atoms with Crippen LogP contribution in [0.4, 0.5) is 4.39 Å². The molecule has 0 heterocycles. The number of halogens is 2. The summed E-state index contributed by atoms with van der Waals surface area (Å²) < 4.78 is 12.9. The minimum atomic E-state index is -0.563. The molecule has 0 aliphatic carbocycles. The summed E-state index contributed by atoms with van der Waals surface area (Å²) in [5, 5.41) is 3.06. The van der Waals surface area contributed by atoms with Crippen molar-refractivity contribution in [2.45, 2.75) is 32.9 Å². The van der Waals surface area contributed by atoms with Crippen LogP contribution in [-0.2, 0) is 4.79 Å². The predicted octanol–water partition coefficient (Wildman–Crippen LogP) is 2.64. The van der Waals surface area contributed by atoms with E-state index in [1.165, 1.54) is 12.1 Å². The van der Waals surface area contributed by atoms with Gasteiger partial charge in [0.05, 0.1) is 12.1 Å². The molecule has 0 saturated carbocycles. The lowest BCUT2D eigenvalue weighted by Gasteiger charge is -2.20. The number of carbonyl (C=O) groups is 1. The van der Waals surface area contributed by atoms with Gasteiger partial charge in [0.15, 0.2) is 0 Å². The van der Waals surface area contributed by atoms with Gasteiger partial charge in [-0.25, -0.2) is 4.39 Å². The second kappa shape index (κ2) is 6.16. The topological polar surface area (TPSA) is 55.1 Å². The Bertz CT molecular complexity index is 437. The normalized spacial score (nSPS) is 14.4. The Labute approximate surface area is 112 Å². The van der Waals surface area contributed by atoms with E-state index in [4.69, 9.17) is 17.3 Å². The molecule has 0 radical (unpaired) electrons. The molecule has 100 valence electrons. The summed E-state index contributed by atoms with van der Waals surface area (Å²) in [6, 6.07) is 3.22. The van der Waals surface area contributed by atoms with Crippen molar-refractivity contribution in [3.63, 3.8) is 0 Å². The highest BCUT2D eigenvalue weighted by Gasteiger charge is 2.20. The monoisotopic (exact) mass is 272 g/mol. The van der Waals surface area contributed by atoms with E-state index in [1.54, 1.807) is 13.0 Å². The maximum atomic E-state index is 12.9. The fourth-order valence-corrected chi connectivity index (χ4v) is 1.87. The number of carbonyl (C=O) groups excluding carboxylic acids is 1. The number of nitrogens with one attached hydrogen (secondary N) is 1. The third-order valence-electron chi connectivity index (χ3n) is 2.81. The average molecular weight is 273 g/mol. The van der Waals surface area contributed by atoms with Gasteiger partial charge in [-0.2, -0.15) is 0 Å². The molecule has 1 aromatic carbocycles. The fraction of sp³-hybridized carbons (Fsp3) is 0.462. The van der Waals surface area contributed by atoms with Crippen molar-refractivity contribution in [1.82, 2.24) is 5.32 Å². The zero-order valence-electron chi connectivity index (χ0n) is 10.7. The molecule has 1 rings (SSSR count). The van der Waals surface area contributed by atoms with E-state index in [0.717, 1.165) is 0 Å². The minimum Gasteiger partial charge on any atom is -0.348 e. The Balaban J connectivity index is 2.76. The molecule has 5 heteroatoms. The summed E-state index contributed by atoms with van der Waals surface area (Å²) in [5.74, 6) is -0.583. The third kappa shape index (κ3) is 3.68. The van der Waals surface area contributed by atoms with Gasteiger partial charge in [-0.15, -0.1) is 0 Å². The quantitative estimate of drug-likeness (QED) is 0.885. The van der Waals surface area contributed by atoms with Gasteiger partial charge >= 0.3 is 0 Å². The van der Waals surface area contributed by atoms with Crippen molar-refractivity contribution in [2.75, 3.05) is 0 Å².